The summed E-state index contributed by atoms with van der Waals surface area (Å²) in [7, 11) is -3.86. The maximum Gasteiger partial charge on any atom is 0.333 e. The quantitative estimate of drug-likeness (QED) is 0.573. The highest BCUT2D eigenvalue weighted by atomic mass is 32.2. The molecule has 0 aliphatic rings. The van der Waals surface area contributed by atoms with Crippen LogP contribution >= 0.6 is 0 Å². The largest absolute Gasteiger partial charge is 0.333 e. The first-order valence-electron chi connectivity index (χ1n) is 8.89. The van der Waals surface area contributed by atoms with Crippen molar-refractivity contribution < 1.29 is 13.2 Å². The van der Waals surface area contributed by atoms with E-state index in [1.807, 2.05) is 57.5 Å². The lowest BCUT2D eigenvalue weighted by Gasteiger charge is -2.20. The van der Waals surface area contributed by atoms with Crippen LogP contribution in [-0.4, -0.2) is 21.0 Å². The molecule has 0 saturated heterocycles. The summed E-state index contributed by atoms with van der Waals surface area (Å²) in [5, 5.41) is 2.73. The third-order valence-electron chi connectivity index (χ3n) is 3.91. The molecule has 1 aromatic carbocycles. The van der Waals surface area contributed by atoms with Crippen LogP contribution in [0.5, 0.6) is 0 Å². The molecule has 0 aliphatic heterocycles. The Morgan fingerprint density at radius 1 is 1.04 bits per heavy atom. The first kappa shape index (κ1) is 21.4. The standard InChI is InChI=1S/C18H31N3O3S/c1-6-7-8-12-19-25(23,24)21-18(22)20-17-15(13(2)3)10-9-11-16(17)14(4)5/h9-11,13-14,19H,6-8,12H2,1-5H3,(H2,20,21,22). The number of unbranched alkanes of at least 4 members (excludes halogenated alkanes) is 2. The van der Waals surface area contributed by atoms with Gasteiger partial charge in [-0.25, -0.2) is 9.52 Å². The van der Waals surface area contributed by atoms with Gasteiger partial charge in [0.15, 0.2) is 0 Å². The molecule has 0 heterocycles. The smallest absolute Gasteiger partial charge is 0.307 e. The van der Waals surface area contributed by atoms with Crippen LogP contribution in [0.3, 0.4) is 0 Å². The number of carbonyl (C=O) groups is 1. The zero-order valence-corrected chi connectivity index (χ0v) is 16.7. The van der Waals surface area contributed by atoms with Gasteiger partial charge in [-0.05, 0) is 29.4 Å². The maximum absolute atomic E-state index is 12.2. The van der Waals surface area contributed by atoms with Crippen molar-refractivity contribution in [2.45, 2.75) is 65.7 Å². The van der Waals surface area contributed by atoms with E-state index in [0.717, 1.165) is 30.4 Å². The number of hydrogen-bond acceptors (Lipinski definition) is 3. The van der Waals surface area contributed by atoms with Crippen LogP contribution in [-0.2, 0) is 10.2 Å². The molecule has 25 heavy (non-hydrogen) atoms. The molecule has 0 fully saturated rings. The summed E-state index contributed by atoms with van der Waals surface area (Å²) in [6.45, 7) is 10.5. The van der Waals surface area contributed by atoms with Crippen molar-refractivity contribution in [1.29, 1.82) is 0 Å². The predicted octanol–water partition coefficient (Wildman–Crippen LogP) is 4.08. The Bertz CT molecular complexity index is 644. The molecule has 3 N–H and O–H groups in total. The van der Waals surface area contributed by atoms with Gasteiger partial charge in [0.2, 0.25) is 0 Å². The molecule has 2 amide bonds. The average molecular weight is 370 g/mol. The molecule has 6 nitrogen and oxygen atoms in total. The van der Waals surface area contributed by atoms with E-state index in [1.54, 1.807) is 0 Å². The second-order valence-electron chi connectivity index (χ2n) is 6.78. The number of hydrogen-bond donors (Lipinski definition) is 3. The fraction of sp³-hybridized carbons (Fsp3) is 0.611. The van der Waals surface area contributed by atoms with Gasteiger partial charge in [-0.1, -0.05) is 65.7 Å². The van der Waals surface area contributed by atoms with Crippen molar-refractivity contribution in [3.63, 3.8) is 0 Å². The molecule has 0 atom stereocenters. The van der Waals surface area contributed by atoms with E-state index in [0.29, 0.717) is 12.2 Å². The van der Waals surface area contributed by atoms with Crippen molar-refractivity contribution in [3.8, 4) is 0 Å². The number of carbonyl (C=O) groups excluding carboxylic acids is 1. The van der Waals surface area contributed by atoms with E-state index >= 15 is 0 Å². The number of benzene rings is 1. The second kappa shape index (κ2) is 9.77. The number of rotatable bonds is 9. The van der Waals surface area contributed by atoms with Crippen molar-refractivity contribution in [2.24, 2.45) is 0 Å². The molecule has 7 heteroatoms. The average Bonchev–Trinajstić information content (AvgIpc) is 2.50. The lowest BCUT2D eigenvalue weighted by molar-refractivity contribution is 0.256. The number of para-hydroxylation sites is 1. The lowest BCUT2D eigenvalue weighted by Crippen LogP contribution is -2.42. The Hall–Kier alpha value is -1.60. The van der Waals surface area contributed by atoms with E-state index in [1.165, 1.54) is 0 Å². The zero-order valence-electron chi connectivity index (χ0n) is 15.8. The normalized spacial score (nSPS) is 11.8. The van der Waals surface area contributed by atoms with Crippen LogP contribution in [0, 0.1) is 0 Å². The summed E-state index contributed by atoms with van der Waals surface area (Å²) in [6, 6.07) is 5.10. The number of amides is 2. The van der Waals surface area contributed by atoms with Crippen molar-refractivity contribution >= 4 is 21.9 Å². The highest BCUT2D eigenvalue weighted by Gasteiger charge is 2.18. The lowest BCUT2D eigenvalue weighted by atomic mass is 9.93. The molecule has 0 radical (unpaired) electrons. The Morgan fingerprint density at radius 3 is 2.08 bits per heavy atom. The molecule has 0 aliphatic carbocycles. The van der Waals surface area contributed by atoms with E-state index in [9.17, 15) is 13.2 Å². The molecule has 0 spiro atoms. The molecule has 1 rings (SSSR count). The third-order valence-corrected chi connectivity index (χ3v) is 4.95. The summed E-state index contributed by atoms with van der Waals surface area (Å²) >= 11 is 0. The Balaban J connectivity index is 2.86. The van der Waals surface area contributed by atoms with E-state index in [4.69, 9.17) is 0 Å². The van der Waals surface area contributed by atoms with Gasteiger partial charge < -0.3 is 5.32 Å². The first-order chi connectivity index (χ1) is 11.7. The maximum atomic E-state index is 12.2. The number of anilines is 1. The highest BCUT2D eigenvalue weighted by molar-refractivity contribution is 7.88. The molecular formula is C18H31N3O3S. The minimum Gasteiger partial charge on any atom is -0.307 e. The summed E-state index contributed by atoms with van der Waals surface area (Å²) in [6.07, 6.45) is 2.68. The van der Waals surface area contributed by atoms with Crippen LogP contribution in [0.4, 0.5) is 10.5 Å². The van der Waals surface area contributed by atoms with Gasteiger partial charge >= 0.3 is 16.2 Å². The summed E-state index contributed by atoms with van der Waals surface area (Å²) in [5.74, 6) is 0.413. The van der Waals surface area contributed by atoms with Crippen LogP contribution in [0.2, 0.25) is 0 Å². The zero-order chi connectivity index (χ0) is 19.0. The Morgan fingerprint density at radius 2 is 1.60 bits per heavy atom. The molecule has 0 unspecified atom stereocenters. The van der Waals surface area contributed by atoms with Gasteiger partial charge in [-0.2, -0.15) is 13.1 Å². The minimum absolute atomic E-state index is 0.206. The van der Waals surface area contributed by atoms with Crippen LogP contribution in [0.15, 0.2) is 18.2 Å². The third kappa shape index (κ3) is 7.04. The topological polar surface area (TPSA) is 87.3 Å². The van der Waals surface area contributed by atoms with E-state index in [-0.39, 0.29) is 11.8 Å². The molecular weight excluding hydrogens is 338 g/mol. The second-order valence-corrected chi connectivity index (χ2v) is 8.28. The molecule has 0 bridgehead atoms. The van der Waals surface area contributed by atoms with Crippen LogP contribution in [0.1, 0.15) is 76.8 Å². The molecule has 0 aromatic heterocycles. The van der Waals surface area contributed by atoms with E-state index < -0.39 is 16.2 Å². The number of urea groups is 1. The van der Waals surface area contributed by atoms with Gasteiger partial charge in [-0.3, -0.25) is 0 Å². The molecule has 142 valence electrons. The fourth-order valence-electron chi connectivity index (χ4n) is 2.57. The fourth-order valence-corrected chi connectivity index (χ4v) is 3.35. The van der Waals surface area contributed by atoms with Gasteiger partial charge in [0.05, 0.1) is 0 Å². The number of nitrogens with one attached hydrogen (secondary N) is 3. The first-order valence-corrected chi connectivity index (χ1v) is 10.4. The Labute approximate surface area is 152 Å². The van der Waals surface area contributed by atoms with Crippen molar-refractivity contribution in [1.82, 2.24) is 9.44 Å². The predicted molar refractivity (Wildman–Crippen MR) is 103 cm³/mol. The monoisotopic (exact) mass is 369 g/mol. The SMILES string of the molecule is CCCCCNS(=O)(=O)NC(=O)Nc1c(C(C)C)cccc1C(C)C. The van der Waals surface area contributed by atoms with Gasteiger partial charge in [0.25, 0.3) is 0 Å². The van der Waals surface area contributed by atoms with Gasteiger partial charge in [-0.15, -0.1) is 0 Å². The van der Waals surface area contributed by atoms with Crippen LogP contribution < -0.4 is 14.8 Å². The van der Waals surface area contributed by atoms with Gasteiger partial charge in [0.1, 0.15) is 0 Å². The van der Waals surface area contributed by atoms with Crippen molar-refractivity contribution in [2.75, 3.05) is 11.9 Å². The van der Waals surface area contributed by atoms with Crippen molar-refractivity contribution in [3.05, 3.63) is 29.3 Å². The molecule has 0 saturated carbocycles. The highest BCUT2D eigenvalue weighted by Crippen LogP contribution is 2.32. The van der Waals surface area contributed by atoms with E-state index in [2.05, 4.69) is 10.0 Å². The van der Waals surface area contributed by atoms with Crippen LogP contribution in [0.25, 0.3) is 0 Å². The summed E-state index contributed by atoms with van der Waals surface area (Å²) in [4.78, 5) is 12.2. The summed E-state index contributed by atoms with van der Waals surface area (Å²) < 4.78 is 28.3. The minimum atomic E-state index is -3.86. The molecule has 1 aromatic rings. The Kier molecular flexibility index (Phi) is 8.38. The van der Waals surface area contributed by atoms with Gasteiger partial charge in [0, 0.05) is 12.2 Å². The summed E-state index contributed by atoms with van der Waals surface area (Å²) in [5.41, 5.74) is 2.65.